The van der Waals surface area contributed by atoms with Crippen LogP contribution >= 0.6 is 0 Å². The van der Waals surface area contributed by atoms with Gasteiger partial charge in [0.05, 0.1) is 5.60 Å². The Morgan fingerprint density at radius 3 is 2.47 bits per heavy atom. The van der Waals surface area contributed by atoms with E-state index in [4.69, 9.17) is 4.43 Å². The van der Waals surface area contributed by atoms with Crippen LogP contribution < -0.4 is 0 Å². The van der Waals surface area contributed by atoms with Crippen LogP contribution in [0.2, 0.25) is 18.1 Å². The van der Waals surface area contributed by atoms with Gasteiger partial charge in [-0.3, -0.25) is 0 Å². The van der Waals surface area contributed by atoms with E-state index in [2.05, 4.69) is 53.4 Å². The zero-order valence-corrected chi connectivity index (χ0v) is 13.4. The van der Waals surface area contributed by atoms with E-state index in [0.29, 0.717) is 0 Å². The summed E-state index contributed by atoms with van der Waals surface area (Å²) in [6, 6.07) is 0. The van der Waals surface area contributed by atoms with Gasteiger partial charge in [-0.1, -0.05) is 39.5 Å². The van der Waals surface area contributed by atoms with E-state index < -0.39 is 8.32 Å². The largest absolute Gasteiger partial charge is 0.408 e. The first-order valence-corrected chi connectivity index (χ1v) is 9.56. The van der Waals surface area contributed by atoms with Gasteiger partial charge in [0.1, 0.15) is 0 Å². The third-order valence-electron chi connectivity index (χ3n) is 4.34. The number of rotatable bonds is 3. The third kappa shape index (κ3) is 3.11. The minimum atomic E-state index is -1.71. The fraction of sp³-hybridized carbons (Fsp3) is 0.733. The summed E-state index contributed by atoms with van der Waals surface area (Å²) in [5.41, 5.74) is 1.18. The molecular formula is C15H28OSi. The molecule has 1 aliphatic carbocycles. The Balaban J connectivity index is 2.96. The third-order valence-corrected chi connectivity index (χ3v) is 8.91. The van der Waals surface area contributed by atoms with E-state index in [1.807, 2.05) is 6.08 Å². The van der Waals surface area contributed by atoms with Gasteiger partial charge in [0.15, 0.2) is 8.32 Å². The quantitative estimate of drug-likeness (QED) is 0.638. The van der Waals surface area contributed by atoms with Crippen molar-refractivity contribution in [3.05, 3.63) is 24.3 Å². The van der Waals surface area contributed by atoms with E-state index in [0.717, 1.165) is 12.8 Å². The smallest absolute Gasteiger partial charge is 0.193 e. The van der Waals surface area contributed by atoms with E-state index in [-0.39, 0.29) is 10.6 Å². The Morgan fingerprint density at radius 2 is 2.00 bits per heavy atom. The van der Waals surface area contributed by atoms with Crippen LogP contribution in [0.4, 0.5) is 0 Å². The van der Waals surface area contributed by atoms with Crippen molar-refractivity contribution in [2.45, 2.75) is 70.7 Å². The van der Waals surface area contributed by atoms with Gasteiger partial charge < -0.3 is 4.43 Å². The molecule has 0 aliphatic heterocycles. The van der Waals surface area contributed by atoms with Gasteiger partial charge in [-0.05, 0) is 49.9 Å². The molecule has 0 aromatic heterocycles. The molecule has 0 amide bonds. The van der Waals surface area contributed by atoms with Crippen LogP contribution in [0.3, 0.4) is 0 Å². The summed E-state index contributed by atoms with van der Waals surface area (Å²) in [6.45, 7) is 17.7. The van der Waals surface area contributed by atoms with Crippen molar-refractivity contribution in [2.75, 3.05) is 0 Å². The second kappa shape index (κ2) is 4.73. The van der Waals surface area contributed by atoms with Crippen LogP contribution in [-0.4, -0.2) is 13.9 Å². The van der Waals surface area contributed by atoms with Gasteiger partial charge >= 0.3 is 0 Å². The highest BCUT2D eigenvalue weighted by Crippen LogP contribution is 2.43. The molecular weight excluding hydrogens is 224 g/mol. The lowest BCUT2D eigenvalue weighted by molar-refractivity contribution is 0.0958. The number of hydrogen-bond acceptors (Lipinski definition) is 1. The predicted octanol–water partition coefficient (Wildman–Crippen LogP) is 5.06. The Morgan fingerprint density at radius 1 is 1.41 bits per heavy atom. The molecule has 0 bridgehead atoms. The first-order valence-electron chi connectivity index (χ1n) is 6.66. The Bertz CT molecular complexity index is 322. The first-order chi connectivity index (χ1) is 7.62. The van der Waals surface area contributed by atoms with Crippen molar-refractivity contribution in [1.29, 1.82) is 0 Å². The predicted molar refractivity (Wildman–Crippen MR) is 78.8 cm³/mol. The summed E-state index contributed by atoms with van der Waals surface area (Å²) in [6.07, 6.45) is 7.79. The minimum Gasteiger partial charge on any atom is -0.408 e. The number of allylic oxidation sites excluding steroid dienone is 1. The van der Waals surface area contributed by atoms with Crippen LogP contribution in [-0.2, 0) is 4.43 Å². The number of hydrogen-bond donors (Lipinski definition) is 0. The molecule has 0 aromatic carbocycles. The van der Waals surface area contributed by atoms with Crippen molar-refractivity contribution in [3.8, 4) is 0 Å². The highest BCUT2D eigenvalue weighted by Gasteiger charge is 2.44. The molecule has 0 heterocycles. The molecule has 1 aliphatic rings. The fourth-order valence-corrected chi connectivity index (χ4v) is 3.84. The van der Waals surface area contributed by atoms with E-state index >= 15 is 0 Å². The summed E-state index contributed by atoms with van der Waals surface area (Å²) in [7, 11) is -1.71. The monoisotopic (exact) mass is 252 g/mol. The zero-order chi connectivity index (χ0) is 13.3. The second-order valence-corrected chi connectivity index (χ2v) is 11.6. The van der Waals surface area contributed by atoms with E-state index in [1.54, 1.807) is 0 Å². The van der Waals surface area contributed by atoms with Gasteiger partial charge in [-0.15, -0.1) is 0 Å². The molecule has 17 heavy (non-hydrogen) atoms. The highest BCUT2D eigenvalue weighted by molar-refractivity contribution is 6.74. The molecule has 1 rings (SSSR count). The molecule has 0 N–H and O–H groups in total. The maximum atomic E-state index is 6.63. The van der Waals surface area contributed by atoms with Crippen LogP contribution in [0.25, 0.3) is 0 Å². The highest BCUT2D eigenvalue weighted by atomic mass is 28.4. The molecule has 0 radical (unpaired) electrons. The summed E-state index contributed by atoms with van der Waals surface area (Å²) < 4.78 is 6.63. The molecule has 1 nitrogen and oxygen atoms in total. The lowest BCUT2D eigenvalue weighted by Crippen LogP contribution is -2.49. The molecule has 1 atom stereocenters. The van der Waals surface area contributed by atoms with Crippen LogP contribution in [0.1, 0.15) is 47.0 Å². The minimum absolute atomic E-state index is 0.108. The van der Waals surface area contributed by atoms with Gasteiger partial charge in [-0.25, -0.2) is 0 Å². The van der Waals surface area contributed by atoms with Gasteiger partial charge in [0.25, 0.3) is 0 Å². The first kappa shape index (κ1) is 14.7. The SMILES string of the molecule is C=CC1=CCCCC1(C)O[Si](C)(C)C(C)(C)C. The lowest BCUT2D eigenvalue weighted by atomic mass is 9.85. The summed E-state index contributed by atoms with van der Waals surface area (Å²) in [5, 5.41) is 0.264. The van der Waals surface area contributed by atoms with E-state index in [1.165, 1.54) is 12.0 Å². The summed E-state index contributed by atoms with van der Waals surface area (Å²) >= 11 is 0. The van der Waals surface area contributed by atoms with Crippen molar-refractivity contribution in [3.63, 3.8) is 0 Å². The van der Waals surface area contributed by atoms with Crippen molar-refractivity contribution in [2.24, 2.45) is 0 Å². The molecule has 0 fully saturated rings. The molecule has 0 saturated heterocycles. The fourth-order valence-electron chi connectivity index (χ4n) is 2.18. The van der Waals surface area contributed by atoms with Crippen LogP contribution in [0, 0.1) is 0 Å². The maximum Gasteiger partial charge on any atom is 0.193 e. The van der Waals surface area contributed by atoms with Crippen molar-refractivity contribution in [1.82, 2.24) is 0 Å². The van der Waals surface area contributed by atoms with Gasteiger partial charge in [0.2, 0.25) is 0 Å². The second-order valence-electron chi connectivity index (χ2n) is 6.85. The standard InChI is InChI=1S/C15H28OSi/c1-8-13-11-9-10-12-15(13,5)16-17(6,7)14(2,3)4/h8,11H,1,9-10,12H2,2-7H3. The molecule has 2 heteroatoms. The maximum absolute atomic E-state index is 6.63. The average molecular weight is 252 g/mol. The molecule has 0 aromatic rings. The zero-order valence-electron chi connectivity index (χ0n) is 12.4. The van der Waals surface area contributed by atoms with Crippen molar-refractivity contribution >= 4 is 8.32 Å². The van der Waals surface area contributed by atoms with Crippen LogP contribution in [0.15, 0.2) is 24.3 Å². The van der Waals surface area contributed by atoms with Crippen LogP contribution in [0.5, 0.6) is 0 Å². The molecule has 0 spiro atoms. The normalized spacial score (nSPS) is 26.6. The molecule has 0 saturated carbocycles. The van der Waals surface area contributed by atoms with Gasteiger partial charge in [0, 0.05) is 0 Å². The Kier molecular flexibility index (Phi) is 4.10. The average Bonchev–Trinajstić information content (AvgIpc) is 2.15. The summed E-state index contributed by atoms with van der Waals surface area (Å²) in [4.78, 5) is 0. The lowest BCUT2D eigenvalue weighted by Gasteiger charge is -2.46. The molecule has 1 unspecified atom stereocenters. The summed E-state index contributed by atoms with van der Waals surface area (Å²) in [5.74, 6) is 0. The molecule has 98 valence electrons. The van der Waals surface area contributed by atoms with E-state index in [9.17, 15) is 0 Å². The Hall–Kier alpha value is -0.343. The topological polar surface area (TPSA) is 9.23 Å². The Labute approximate surface area is 108 Å². The van der Waals surface area contributed by atoms with Crippen molar-refractivity contribution < 1.29 is 4.43 Å². The van der Waals surface area contributed by atoms with Gasteiger partial charge in [-0.2, -0.15) is 0 Å².